The van der Waals surface area contributed by atoms with Gasteiger partial charge in [0.25, 0.3) is 0 Å². The van der Waals surface area contributed by atoms with Crippen LogP contribution in [0.4, 0.5) is 0 Å². The van der Waals surface area contributed by atoms with Crippen LogP contribution in [0.25, 0.3) is 33.7 Å². The molecule has 0 fully saturated rings. The molecule has 37 heavy (non-hydrogen) atoms. The Morgan fingerprint density at radius 2 is 0.946 bits per heavy atom. The van der Waals surface area contributed by atoms with Gasteiger partial charge in [0, 0.05) is 0 Å². The van der Waals surface area contributed by atoms with E-state index in [0.717, 1.165) is 0 Å². The quantitative estimate of drug-likeness (QED) is 0.299. The van der Waals surface area contributed by atoms with Crippen LogP contribution in [0.2, 0.25) is 0 Å². The first kappa shape index (κ1) is 25.5. The van der Waals surface area contributed by atoms with Crippen LogP contribution in [-0.4, -0.2) is 10.9 Å². The van der Waals surface area contributed by atoms with E-state index in [1.54, 1.807) is 22.3 Å². The Balaban J connectivity index is 0.00000126. The third kappa shape index (κ3) is 3.28. The SMILES string of the molecule is CC1=Cc2c(ccc3ccccc23)[CH]1[Zr+2]1([CH]2C(C)=Cc3c2ccc2ccccc32)=[Si]2C=C[Si]=1C=C2.[Cl-].[Cl-]. The maximum atomic E-state index is 2.74. The molecular weight excluding hydrogens is 603 g/mol. The van der Waals surface area contributed by atoms with Gasteiger partial charge in [0.1, 0.15) is 0 Å². The van der Waals surface area contributed by atoms with Crippen LogP contribution in [0, 0.1) is 0 Å². The van der Waals surface area contributed by atoms with Crippen LogP contribution in [0.1, 0.15) is 43.4 Å². The first-order chi connectivity index (χ1) is 17.2. The van der Waals surface area contributed by atoms with Crippen LogP contribution >= 0.6 is 0 Å². The summed E-state index contributed by atoms with van der Waals surface area (Å²) >= 11 is -2.89. The molecule has 2 atom stereocenters. The molecule has 2 unspecified atom stereocenters. The van der Waals surface area contributed by atoms with E-state index in [2.05, 4.69) is 122 Å². The number of rotatable bonds is 2. The minimum absolute atomic E-state index is 0. The van der Waals surface area contributed by atoms with Crippen LogP contribution in [0.5, 0.6) is 0 Å². The van der Waals surface area contributed by atoms with Crippen molar-refractivity contribution in [3.63, 3.8) is 0 Å². The second-order valence-electron chi connectivity index (χ2n) is 10.7. The summed E-state index contributed by atoms with van der Waals surface area (Å²) in [5.74, 6) is 0. The van der Waals surface area contributed by atoms with Gasteiger partial charge >= 0.3 is 212 Å². The van der Waals surface area contributed by atoms with Gasteiger partial charge in [-0.15, -0.1) is 0 Å². The van der Waals surface area contributed by atoms with E-state index in [4.69, 9.17) is 0 Å². The summed E-state index contributed by atoms with van der Waals surface area (Å²) in [4.78, 5) is 0. The molecule has 5 heteroatoms. The van der Waals surface area contributed by atoms with Crippen LogP contribution in [-0.2, 0) is 17.5 Å². The van der Waals surface area contributed by atoms with E-state index < -0.39 is 28.4 Å². The van der Waals surface area contributed by atoms with Crippen molar-refractivity contribution in [3.8, 4) is 0 Å². The summed E-state index contributed by atoms with van der Waals surface area (Å²) in [6.07, 6.45) is 5.16. The minimum Gasteiger partial charge on any atom is -1.00 e. The van der Waals surface area contributed by atoms with Gasteiger partial charge < -0.3 is 24.8 Å². The van der Waals surface area contributed by atoms with E-state index >= 15 is 0 Å². The molecule has 4 aromatic carbocycles. The molecule has 0 aromatic heterocycles. The Hall–Kier alpha value is -1.74. The van der Waals surface area contributed by atoms with Crippen molar-refractivity contribution < 1.29 is 42.3 Å². The topological polar surface area (TPSA) is 0 Å². The number of benzene rings is 4. The molecule has 0 radical (unpaired) electrons. The first-order valence-corrected chi connectivity index (χ1v) is 26.2. The normalized spacial score (nSPS) is 19.8. The van der Waals surface area contributed by atoms with Crippen molar-refractivity contribution in [3.05, 3.63) is 129 Å². The fourth-order valence-electron chi connectivity index (χ4n) is 7.79. The Morgan fingerprint density at radius 3 is 1.38 bits per heavy atom. The molecule has 0 N–H and O–H groups in total. The van der Waals surface area contributed by atoms with Gasteiger partial charge in [0.2, 0.25) is 0 Å². The second kappa shape index (κ2) is 9.18. The molecule has 4 aliphatic rings. The van der Waals surface area contributed by atoms with Crippen LogP contribution in [0.15, 0.2) is 107 Å². The van der Waals surface area contributed by atoms with Crippen LogP contribution < -0.4 is 24.8 Å². The van der Waals surface area contributed by atoms with Crippen molar-refractivity contribution >= 4 is 44.6 Å². The molecule has 0 amide bonds. The molecule has 2 heterocycles. The van der Waals surface area contributed by atoms with Gasteiger partial charge in [-0.3, -0.25) is 0 Å². The number of fused-ring (bicyclic) bond motifs is 6. The maximum Gasteiger partial charge on any atom is -1.00 e. The van der Waals surface area contributed by atoms with Crippen molar-refractivity contribution in [1.29, 1.82) is 0 Å². The zero-order valence-electron chi connectivity index (χ0n) is 20.8. The Kier molecular flexibility index (Phi) is 6.33. The third-order valence-corrected chi connectivity index (χ3v) is 58.0. The molecule has 8 rings (SSSR count). The monoisotopic (exact) mass is 626 g/mol. The predicted molar refractivity (Wildman–Crippen MR) is 150 cm³/mol. The summed E-state index contributed by atoms with van der Waals surface area (Å²) in [6, 6.07) is 27.8. The molecule has 0 saturated heterocycles. The predicted octanol–water partition coefficient (Wildman–Crippen LogP) is 2.05. The molecule has 0 saturated carbocycles. The van der Waals surface area contributed by atoms with E-state index in [1.807, 2.05) is 0 Å². The van der Waals surface area contributed by atoms with E-state index in [9.17, 15) is 0 Å². The molecule has 0 spiro atoms. The van der Waals surface area contributed by atoms with E-state index in [-0.39, 0.29) is 24.8 Å². The summed E-state index contributed by atoms with van der Waals surface area (Å²) in [6.45, 7) is 4.94. The molecular formula is C32H26Cl2Si2Zr. The van der Waals surface area contributed by atoms with Crippen molar-refractivity contribution in [2.24, 2.45) is 0 Å². The summed E-state index contributed by atoms with van der Waals surface area (Å²) in [7, 11) is 0. The van der Waals surface area contributed by atoms with Crippen molar-refractivity contribution in [2.45, 2.75) is 21.1 Å². The zero-order chi connectivity index (χ0) is 23.3. The smallest absolute Gasteiger partial charge is 1.00 e. The summed E-state index contributed by atoms with van der Waals surface area (Å²) < 4.78 is 1.39. The Bertz CT molecular complexity index is 1760. The zero-order valence-corrected chi connectivity index (χ0v) is 26.8. The molecule has 2 aliphatic carbocycles. The summed E-state index contributed by atoms with van der Waals surface area (Å²) in [5, 5.41) is 5.64. The van der Waals surface area contributed by atoms with Gasteiger partial charge in [-0.25, -0.2) is 0 Å². The summed E-state index contributed by atoms with van der Waals surface area (Å²) in [5.41, 5.74) is 19.5. The van der Waals surface area contributed by atoms with Gasteiger partial charge in [-0.2, -0.15) is 0 Å². The van der Waals surface area contributed by atoms with Crippen molar-refractivity contribution in [1.82, 2.24) is 0 Å². The molecule has 0 nitrogen and oxygen atoms in total. The minimum atomic E-state index is -2.89. The maximum absolute atomic E-state index is 2.89. The Morgan fingerprint density at radius 1 is 0.541 bits per heavy atom. The Labute approximate surface area is 235 Å². The fraction of sp³-hybridized carbons (Fsp3) is 0.125. The molecule has 180 valence electrons. The van der Waals surface area contributed by atoms with Crippen molar-refractivity contribution in [2.75, 3.05) is 0 Å². The van der Waals surface area contributed by atoms with Gasteiger partial charge in [-0.1, -0.05) is 0 Å². The number of allylic oxidation sites excluding steroid dienone is 2. The average Bonchev–Trinajstić information content (AvgIpc) is 3.62. The number of halogens is 2. The number of hydrogen-bond donors (Lipinski definition) is 0. The van der Waals surface area contributed by atoms with Gasteiger partial charge in [0.15, 0.2) is 0 Å². The van der Waals surface area contributed by atoms with Gasteiger partial charge in [0.05, 0.1) is 0 Å². The third-order valence-electron chi connectivity index (χ3n) is 9.04. The van der Waals surface area contributed by atoms with Gasteiger partial charge in [-0.05, 0) is 0 Å². The molecule has 2 bridgehead atoms. The average molecular weight is 629 g/mol. The largest absolute Gasteiger partial charge is 1.00 e. The van der Waals surface area contributed by atoms with Crippen LogP contribution in [0.3, 0.4) is 0 Å². The number of hydrogen-bond acceptors (Lipinski definition) is 0. The van der Waals surface area contributed by atoms with E-state index in [0.29, 0.717) is 7.25 Å². The standard InChI is InChI=1S/2C14H11.C4H4Si2.2ClH.Zr/c2*1-10-8-12-7-6-11-4-2-3-5-13(11)14(12)9-10;1-2-6-4-3-5-1;;;/h2*2-9H,1H3;1-4H;2*1H;/q;;;;;+2/p-2. The molecule has 2 aliphatic heterocycles. The fourth-order valence-corrected chi connectivity index (χ4v) is 70.8. The van der Waals surface area contributed by atoms with E-state index in [1.165, 1.54) is 32.7 Å². The second-order valence-corrected chi connectivity index (χ2v) is 42.2. The molecule has 4 aromatic rings. The first-order valence-electron chi connectivity index (χ1n) is 12.7.